The van der Waals surface area contributed by atoms with Crippen molar-refractivity contribution in [3.8, 4) is 0 Å². The average Bonchev–Trinajstić information content (AvgIpc) is 2.96. The van der Waals surface area contributed by atoms with Gasteiger partial charge in [-0.15, -0.1) is 0 Å². The van der Waals surface area contributed by atoms with Crippen LogP contribution in [0.25, 0.3) is 0 Å². The summed E-state index contributed by atoms with van der Waals surface area (Å²) in [6, 6.07) is 0.409. The Balaban J connectivity index is 1.74. The Morgan fingerprint density at radius 3 is 2.83 bits per heavy atom. The minimum atomic E-state index is 0.368. The van der Waals surface area contributed by atoms with E-state index in [-0.39, 0.29) is 0 Å². The van der Waals surface area contributed by atoms with Gasteiger partial charge in [0.1, 0.15) is 18.0 Å². The molecule has 1 aromatic rings. The van der Waals surface area contributed by atoms with Gasteiger partial charge in [-0.2, -0.15) is 0 Å². The van der Waals surface area contributed by atoms with Crippen LogP contribution in [-0.2, 0) is 4.74 Å². The first-order chi connectivity index (χ1) is 8.78. The van der Waals surface area contributed by atoms with E-state index >= 15 is 0 Å². The Labute approximate surface area is 107 Å². The molecular formula is C13H20N4O. The maximum atomic E-state index is 5.85. The maximum absolute atomic E-state index is 5.85. The standard InChI is InChI=1S/C13H20N4O/c1-3-14-12-8(2)13(16-7-15-12)17-10-6-9-4-5-11(10)18-9/h7,9-11H,3-6H2,1-2H3,(H2,14,15,16,17). The van der Waals surface area contributed by atoms with E-state index in [0.29, 0.717) is 18.2 Å². The van der Waals surface area contributed by atoms with Gasteiger partial charge in [-0.3, -0.25) is 0 Å². The SMILES string of the molecule is CCNc1ncnc(NC2CC3CCC2O3)c1C. The first-order valence-corrected chi connectivity index (χ1v) is 6.75. The molecule has 98 valence electrons. The van der Waals surface area contributed by atoms with Gasteiger partial charge < -0.3 is 15.4 Å². The third kappa shape index (κ3) is 2.03. The molecule has 0 saturated carbocycles. The van der Waals surface area contributed by atoms with Crippen molar-refractivity contribution in [3.05, 3.63) is 11.9 Å². The lowest BCUT2D eigenvalue weighted by Crippen LogP contribution is -2.31. The van der Waals surface area contributed by atoms with E-state index in [1.54, 1.807) is 6.33 Å². The number of ether oxygens (including phenoxy) is 1. The molecule has 5 nitrogen and oxygen atoms in total. The number of rotatable bonds is 4. The van der Waals surface area contributed by atoms with Crippen LogP contribution in [0.15, 0.2) is 6.33 Å². The summed E-state index contributed by atoms with van der Waals surface area (Å²) in [5, 5.41) is 6.78. The number of nitrogens with one attached hydrogen (secondary N) is 2. The number of anilines is 2. The van der Waals surface area contributed by atoms with Crippen molar-refractivity contribution < 1.29 is 4.74 Å². The van der Waals surface area contributed by atoms with E-state index in [1.807, 2.05) is 6.92 Å². The van der Waals surface area contributed by atoms with Crippen molar-refractivity contribution in [2.45, 2.75) is 51.4 Å². The minimum absolute atomic E-state index is 0.368. The normalized spacial score (nSPS) is 29.6. The van der Waals surface area contributed by atoms with Crippen LogP contribution in [0.1, 0.15) is 31.7 Å². The van der Waals surface area contributed by atoms with E-state index in [0.717, 1.165) is 30.2 Å². The predicted molar refractivity (Wildman–Crippen MR) is 70.9 cm³/mol. The molecule has 0 spiro atoms. The summed E-state index contributed by atoms with van der Waals surface area (Å²) >= 11 is 0. The average molecular weight is 248 g/mol. The van der Waals surface area contributed by atoms with E-state index < -0.39 is 0 Å². The van der Waals surface area contributed by atoms with Crippen LogP contribution in [0.3, 0.4) is 0 Å². The largest absolute Gasteiger partial charge is 0.373 e. The molecule has 5 heteroatoms. The van der Waals surface area contributed by atoms with Crippen molar-refractivity contribution >= 4 is 11.6 Å². The lowest BCUT2D eigenvalue weighted by molar-refractivity contribution is 0.102. The molecule has 3 unspecified atom stereocenters. The van der Waals surface area contributed by atoms with E-state index in [4.69, 9.17) is 4.74 Å². The molecule has 0 aliphatic carbocycles. The fourth-order valence-electron chi connectivity index (χ4n) is 2.91. The van der Waals surface area contributed by atoms with Crippen LogP contribution in [0.2, 0.25) is 0 Å². The summed E-state index contributed by atoms with van der Waals surface area (Å²) in [5.74, 6) is 1.85. The summed E-state index contributed by atoms with van der Waals surface area (Å²) < 4.78 is 5.85. The molecule has 2 N–H and O–H groups in total. The third-order valence-electron chi connectivity index (χ3n) is 3.86. The van der Waals surface area contributed by atoms with Crippen LogP contribution in [0, 0.1) is 6.92 Å². The predicted octanol–water partition coefficient (Wildman–Crippen LogP) is 1.95. The molecule has 0 amide bonds. The molecule has 18 heavy (non-hydrogen) atoms. The number of hydrogen-bond acceptors (Lipinski definition) is 5. The van der Waals surface area contributed by atoms with Gasteiger partial charge in [0.15, 0.2) is 0 Å². The summed E-state index contributed by atoms with van der Waals surface area (Å²) in [7, 11) is 0. The Kier molecular flexibility index (Phi) is 3.07. The van der Waals surface area contributed by atoms with E-state index in [9.17, 15) is 0 Å². The summed E-state index contributed by atoms with van der Waals surface area (Å²) in [6.07, 6.45) is 5.93. The monoisotopic (exact) mass is 248 g/mol. The minimum Gasteiger partial charge on any atom is -0.373 e. The third-order valence-corrected chi connectivity index (χ3v) is 3.86. The molecule has 0 radical (unpaired) electrons. The molecule has 3 rings (SSSR count). The molecule has 3 atom stereocenters. The number of hydrogen-bond donors (Lipinski definition) is 2. The second-order valence-electron chi connectivity index (χ2n) is 5.09. The fourth-order valence-corrected chi connectivity index (χ4v) is 2.91. The highest BCUT2D eigenvalue weighted by Gasteiger charge is 2.40. The zero-order chi connectivity index (χ0) is 12.5. The van der Waals surface area contributed by atoms with Crippen LogP contribution in [-0.4, -0.2) is 34.8 Å². The highest BCUT2D eigenvalue weighted by molar-refractivity contribution is 5.56. The Morgan fingerprint density at radius 1 is 1.33 bits per heavy atom. The molecule has 2 saturated heterocycles. The van der Waals surface area contributed by atoms with Crippen molar-refractivity contribution in [2.24, 2.45) is 0 Å². The molecular weight excluding hydrogens is 228 g/mol. The first kappa shape index (κ1) is 11.7. The van der Waals surface area contributed by atoms with Gasteiger partial charge >= 0.3 is 0 Å². The molecule has 2 bridgehead atoms. The Hall–Kier alpha value is -1.36. The van der Waals surface area contributed by atoms with Gasteiger partial charge in [-0.1, -0.05) is 0 Å². The molecule has 2 aliphatic heterocycles. The fraction of sp³-hybridized carbons (Fsp3) is 0.692. The molecule has 0 aromatic carbocycles. The van der Waals surface area contributed by atoms with Gasteiger partial charge in [0.2, 0.25) is 0 Å². The van der Waals surface area contributed by atoms with Crippen LogP contribution in [0.4, 0.5) is 11.6 Å². The van der Waals surface area contributed by atoms with Crippen molar-refractivity contribution in [1.29, 1.82) is 0 Å². The summed E-state index contributed by atoms with van der Waals surface area (Å²) in [6.45, 7) is 4.99. The summed E-state index contributed by atoms with van der Waals surface area (Å²) in [4.78, 5) is 8.61. The highest BCUT2D eigenvalue weighted by Crippen LogP contribution is 2.36. The second kappa shape index (κ2) is 4.72. The van der Waals surface area contributed by atoms with Crippen LogP contribution < -0.4 is 10.6 Å². The van der Waals surface area contributed by atoms with Crippen LogP contribution >= 0.6 is 0 Å². The van der Waals surface area contributed by atoms with Gasteiger partial charge in [-0.25, -0.2) is 9.97 Å². The maximum Gasteiger partial charge on any atom is 0.134 e. The number of nitrogens with zero attached hydrogens (tertiary/aromatic N) is 2. The van der Waals surface area contributed by atoms with E-state index in [2.05, 4.69) is 27.5 Å². The number of aromatic nitrogens is 2. The molecule has 1 aromatic heterocycles. The Bertz CT molecular complexity index is 437. The summed E-state index contributed by atoms with van der Waals surface area (Å²) in [5.41, 5.74) is 1.09. The van der Waals surface area contributed by atoms with Gasteiger partial charge in [-0.05, 0) is 33.1 Å². The highest BCUT2D eigenvalue weighted by atomic mass is 16.5. The first-order valence-electron chi connectivity index (χ1n) is 6.75. The molecule has 2 aliphatic rings. The van der Waals surface area contributed by atoms with E-state index in [1.165, 1.54) is 12.8 Å². The molecule has 3 heterocycles. The van der Waals surface area contributed by atoms with Crippen molar-refractivity contribution in [3.63, 3.8) is 0 Å². The smallest absolute Gasteiger partial charge is 0.134 e. The lowest BCUT2D eigenvalue weighted by atomic mass is 9.95. The van der Waals surface area contributed by atoms with Crippen molar-refractivity contribution in [2.75, 3.05) is 17.2 Å². The Morgan fingerprint density at radius 2 is 2.17 bits per heavy atom. The number of fused-ring (bicyclic) bond motifs is 2. The van der Waals surface area contributed by atoms with Gasteiger partial charge in [0.25, 0.3) is 0 Å². The lowest BCUT2D eigenvalue weighted by Gasteiger charge is -2.22. The van der Waals surface area contributed by atoms with Gasteiger partial charge in [0, 0.05) is 12.1 Å². The zero-order valence-electron chi connectivity index (χ0n) is 10.9. The quantitative estimate of drug-likeness (QED) is 0.853. The topological polar surface area (TPSA) is 59.1 Å². The molecule has 2 fully saturated rings. The zero-order valence-corrected chi connectivity index (χ0v) is 10.9. The second-order valence-corrected chi connectivity index (χ2v) is 5.09. The van der Waals surface area contributed by atoms with Crippen LogP contribution in [0.5, 0.6) is 0 Å². The van der Waals surface area contributed by atoms with Crippen molar-refractivity contribution in [1.82, 2.24) is 9.97 Å². The van der Waals surface area contributed by atoms with Gasteiger partial charge in [0.05, 0.1) is 18.2 Å².